The van der Waals surface area contributed by atoms with Crippen LogP contribution in [0.2, 0.25) is 0 Å². The molecule has 1 unspecified atom stereocenters. The van der Waals surface area contributed by atoms with E-state index in [0.29, 0.717) is 12.5 Å². The maximum absolute atomic E-state index is 10.9. The first-order valence-electron chi connectivity index (χ1n) is 5.27. The Balaban J connectivity index is 2.80. The van der Waals surface area contributed by atoms with Gasteiger partial charge < -0.3 is 16.8 Å². The van der Waals surface area contributed by atoms with Gasteiger partial charge in [0.25, 0.3) is 5.91 Å². The molecule has 0 aliphatic rings. The van der Waals surface area contributed by atoms with E-state index in [0.717, 1.165) is 5.69 Å². The normalized spacial score (nSPS) is 12.5. The Morgan fingerprint density at radius 2 is 2.25 bits per heavy atom. The molecule has 0 bridgehead atoms. The topological polar surface area (TPSA) is 94.0 Å². The number of nitrogens with two attached hydrogens (primary N) is 2. The molecule has 88 valence electrons. The van der Waals surface area contributed by atoms with E-state index in [2.05, 4.69) is 24.1 Å². The molecule has 5 nitrogen and oxygen atoms in total. The molecule has 0 saturated carbocycles. The van der Waals surface area contributed by atoms with Crippen LogP contribution in [0.15, 0.2) is 18.3 Å². The molecule has 1 atom stereocenters. The molecule has 0 aliphatic carbocycles. The summed E-state index contributed by atoms with van der Waals surface area (Å²) in [6, 6.07) is 3.59. The summed E-state index contributed by atoms with van der Waals surface area (Å²) in [5.41, 5.74) is 11.9. The molecule has 0 aromatic carbocycles. The van der Waals surface area contributed by atoms with Gasteiger partial charge in [0.05, 0.1) is 0 Å². The summed E-state index contributed by atoms with van der Waals surface area (Å²) in [5.74, 6) is -0.118. The Hall–Kier alpha value is -1.62. The first kappa shape index (κ1) is 12.4. The number of rotatable bonds is 5. The van der Waals surface area contributed by atoms with Crippen LogP contribution in [0, 0.1) is 5.92 Å². The molecular weight excluding hydrogens is 204 g/mol. The van der Waals surface area contributed by atoms with E-state index in [-0.39, 0.29) is 11.7 Å². The summed E-state index contributed by atoms with van der Waals surface area (Å²) < 4.78 is 0. The van der Waals surface area contributed by atoms with Gasteiger partial charge in [-0.05, 0) is 18.1 Å². The SMILES string of the molecule is CC(C)C(CN)Nc1ccnc(C(N)=O)c1. The van der Waals surface area contributed by atoms with Crippen molar-refractivity contribution in [1.29, 1.82) is 0 Å². The minimum Gasteiger partial charge on any atom is -0.381 e. The van der Waals surface area contributed by atoms with Crippen LogP contribution in [-0.2, 0) is 0 Å². The molecule has 5 heteroatoms. The molecule has 0 aliphatic heterocycles. The average molecular weight is 222 g/mol. The van der Waals surface area contributed by atoms with Crippen molar-refractivity contribution in [1.82, 2.24) is 4.98 Å². The van der Waals surface area contributed by atoms with E-state index < -0.39 is 5.91 Å². The lowest BCUT2D eigenvalue weighted by molar-refractivity contribution is 0.0995. The molecule has 5 N–H and O–H groups in total. The summed E-state index contributed by atoms with van der Waals surface area (Å²) in [6.07, 6.45) is 1.55. The van der Waals surface area contributed by atoms with Crippen LogP contribution in [0.3, 0.4) is 0 Å². The van der Waals surface area contributed by atoms with Crippen molar-refractivity contribution >= 4 is 11.6 Å². The lowest BCUT2D eigenvalue weighted by atomic mass is 10.0. The molecule has 1 rings (SSSR count). The van der Waals surface area contributed by atoms with Crippen LogP contribution in [-0.4, -0.2) is 23.5 Å². The van der Waals surface area contributed by atoms with E-state index in [1.807, 2.05) is 0 Å². The minimum absolute atomic E-state index is 0.170. The zero-order valence-corrected chi connectivity index (χ0v) is 9.60. The molecule has 1 amide bonds. The summed E-state index contributed by atoms with van der Waals surface area (Å²) in [4.78, 5) is 14.8. The van der Waals surface area contributed by atoms with Gasteiger partial charge in [0.1, 0.15) is 5.69 Å². The molecule has 16 heavy (non-hydrogen) atoms. The maximum Gasteiger partial charge on any atom is 0.267 e. The van der Waals surface area contributed by atoms with Crippen LogP contribution in [0.4, 0.5) is 5.69 Å². The molecule has 0 saturated heterocycles. The van der Waals surface area contributed by atoms with Gasteiger partial charge in [-0.25, -0.2) is 0 Å². The Labute approximate surface area is 95.2 Å². The molecule has 0 spiro atoms. The Bertz CT molecular complexity index is 365. The summed E-state index contributed by atoms with van der Waals surface area (Å²) in [7, 11) is 0. The highest BCUT2D eigenvalue weighted by atomic mass is 16.1. The monoisotopic (exact) mass is 222 g/mol. The van der Waals surface area contributed by atoms with Gasteiger partial charge in [-0.15, -0.1) is 0 Å². The lowest BCUT2D eigenvalue weighted by Gasteiger charge is -2.21. The fourth-order valence-electron chi connectivity index (χ4n) is 1.37. The fraction of sp³-hybridized carbons (Fsp3) is 0.455. The number of anilines is 1. The second kappa shape index (κ2) is 5.46. The van der Waals surface area contributed by atoms with Crippen LogP contribution in [0.5, 0.6) is 0 Å². The number of amides is 1. The molecular formula is C11H18N4O. The number of aromatic nitrogens is 1. The van der Waals surface area contributed by atoms with E-state index >= 15 is 0 Å². The average Bonchev–Trinajstić information content (AvgIpc) is 2.25. The third-order valence-electron chi connectivity index (χ3n) is 2.42. The molecule has 1 aromatic rings. The van der Waals surface area contributed by atoms with Crippen molar-refractivity contribution in [2.45, 2.75) is 19.9 Å². The van der Waals surface area contributed by atoms with Crippen molar-refractivity contribution in [3.63, 3.8) is 0 Å². The minimum atomic E-state index is -0.530. The predicted octanol–water partition coefficient (Wildman–Crippen LogP) is 0.576. The standard InChI is InChI=1S/C11H18N4O/c1-7(2)10(6-12)15-8-3-4-14-9(5-8)11(13)16/h3-5,7,10H,6,12H2,1-2H3,(H2,13,16)(H,14,15). The number of carbonyl (C=O) groups excluding carboxylic acids is 1. The number of nitrogens with zero attached hydrogens (tertiary/aromatic N) is 1. The van der Waals surface area contributed by atoms with E-state index in [1.165, 1.54) is 0 Å². The second-order valence-corrected chi connectivity index (χ2v) is 4.02. The number of nitrogens with one attached hydrogen (secondary N) is 1. The van der Waals surface area contributed by atoms with Crippen molar-refractivity contribution in [3.8, 4) is 0 Å². The zero-order chi connectivity index (χ0) is 12.1. The number of carbonyl (C=O) groups is 1. The van der Waals surface area contributed by atoms with Crippen LogP contribution >= 0.6 is 0 Å². The molecule has 1 heterocycles. The highest BCUT2D eigenvalue weighted by Crippen LogP contribution is 2.12. The molecule has 0 radical (unpaired) electrons. The summed E-state index contributed by atoms with van der Waals surface area (Å²) in [6.45, 7) is 4.70. The predicted molar refractivity (Wildman–Crippen MR) is 64.1 cm³/mol. The van der Waals surface area contributed by atoms with Gasteiger partial charge in [0.15, 0.2) is 0 Å². The number of pyridine rings is 1. The van der Waals surface area contributed by atoms with Crippen molar-refractivity contribution in [2.24, 2.45) is 17.4 Å². The fourth-order valence-corrected chi connectivity index (χ4v) is 1.37. The van der Waals surface area contributed by atoms with Crippen LogP contribution in [0.25, 0.3) is 0 Å². The van der Waals surface area contributed by atoms with Gasteiger partial charge in [0, 0.05) is 24.5 Å². The van der Waals surface area contributed by atoms with E-state index in [4.69, 9.17) is 11.5 Å². The van der Waals surface area contributed by atoms with E-state index in [1.54, 1.807) is 18.3 Å². The Morgan fingerprint density at radius 1 is 1.56 bits per heavy atom. The summed E-state index contributed by atoms with van der Waals surface area (Å²) in [5, 5.41) is 3.25. The highest BCUT2D eigenvalue weighted by Gasteiger charge is 2.11. The zero-order valence-electron chi connectivity index (χ0n) is 9.60. The lowest BCUT2D eigenvalue weighted by Crippen LogP contribution is -2.33. The maximum atomic E-state index is 10.9. The third-order valence-corrected chi connectivity index (χ3v) is 2.42. The first-order valence-corrected chi connectivity index (χ1v) is 5.27. The van der Waals surface area contributed by atoms with Crippen molar-refractivity contribution in [3.05, 3.63) is 24.0 Å². The summed E-state index contributed by atoms with van der Waals surface area (Å²) >= 11 is 0. The van der Waals surface area contributed by atoms with E-state index in [9.17, 15) is 4.79 Å². The smallest absolute Gasteiger partial charge is 0.267 e. The highest BCUT2D eigenvalue weighted by molar-refractivity contribution is 5.91. The van der Waals surface area contributed by atoms with Gasteiger partial charge in [0.2, 0.25) is 0 Å². The Morgan fingerprint density at radius 3 is 2.75 bits per heavy atom. The number of hydrogen-bond donors (Lipinski definition) is 3. The van der Waals surface area contributed by atoms with Crippen LogP contribution < -0.4 is 16.8 Å². The molecule has 0 fully saturated rings. The first-order chi connectivity index (χ1) is 7.54. The number of hydrogen-bond acceptors (Lipinski definition) is 4. The van der Waals surface area contributed by atoms with Crippen molar-refractivity contribution in [2.75, 3.05) is 11.9 Å². The largest absolute Gasteiger partial charge is 0.381 e. The second-order valence-electron chi connectivity index (χ2n) is 4.02. The third kappa shape index (κ3) is 3.20. The van der Waals surface area contributed by atoms with Crippen molar-refractivity contribution < 1.29 is 4.79 Å². The van der Waals surface area contributed by atoms with Gasteiger partial charge in [-0.3, -0.25) is 9.78 Å². The number of primary amides is 1. The van der Waals surface area contributed by atoms with Crippen LogP contribution in [0.1, 0.15) is 24.3 Å². The quantitative estimate of drug-likeness (QED) is 0.679. The molecule has 1 aromatic heterocycles. The Kier molecular flexibility index (Phi) is 4.25. The van der Waals surface area contributed by atoms with Gasteiger partial charge >= 0.3 is 0 Å². The van der Waals surface area contributed by atoms with Gasteiger partial charge in [-0.2, -0.15) is 0 Å². The van der Waals surface area contributed by atoms with Gasteiger partial charge in [-0.1, -0.05) is 13.8 Å².